The number of hydrogen-bond donors (Lipinski definition) is 3. The minimum atomic E-state index is -0.269. The highest BCUT2D eigenvalue weighted by molar-refractivity contribution is 6.33. The fourth-order valence-electron chi connectivity index (χ4n) is 4.26. The van der Waals surface area contributed by atoms with Crippen LogP contribution in [0.4, 0.5) is 17.2 Å². The number of morpholine rings is 1. The molecule has 3 heterocycles. The van der Waals surface area contributed by atoms with Crippen molar-refractivity contribution in [2.75, 3.05) is 54.9 Å². The highest BCUT2D eigenvalue weighted by atomic mass is 35.5. The number of H-pyrrole nitrogens is 1. The van der Waals surface area contributed by atoms with Crippen molar-refractivity contribution in [3.63, 3.8) is 0 Å². The second kappa shape index (κ2) is 10.2. The lowest BCUT2D eigenvalue weighted by atomic mass is 10.1. The molecule has 0 spiro atoms. The maximum Gasteiger partial charge on any atom is 0.272 e. The molecule has 10 heteroatoms. The lowest BCUT2D eigenvalue weighted by molar-refractivity contribution is 0.0303. The molecule has 1 aromatic heterocycles. The molecule has 2 aliphatic heterocycles. The molecule has 0 radical (unpaired) electrons. The zero-order valence-electron chi connectivity index (χ0n) is 18.9. The van der Waals surface area contributed by atoms with Crippen LogP contribution in [0.3, 0.4) is 0 Å². The van der Waals surface area contributed by atoms with Crippen LogP contribution in [0.2, 0.25) is 10.0 Å². The van der Waals surface area contributed by atoms with E-state index in [1.807, 2.05) is 12.1 Å². The monoisotopic (exact) mass is 513 g/mol. The van der Waals surface area contributed by atoms with Crippen molar-refractivity contribution in [1.29, 1.82) is 0 Å². The van der Waals surface area contributed by atoms with Gasteiger partial charge in [-0.2, -0.15) is 0 Å². The smallest absolute Gasteiger partial charge is 0.272 e. The molecular weight excluding hydrogens is 489 g/mol. The van der Waals surface area contributed by atoms with Crippen LogP contribution in [0.5, 0.6) is 0 Å². The summed E-state index contributed by atoms with van der Waals surface area (Å²) in [6.07, 6.45) is 0. The molecule has 3 N–H and O–H groups in total. The Morgan fingerprint density at radius 1 is 1.00 bits per heavy atom. The average Bonchev–Trinajstić information content (AvgIpc) is 3.33. The lowest BCUT2D eigenvalue weighted by Crippen LogP contribution is -2.40. The Kier molecular flexibility index (Phi) is 6.86. The SMILES string of the molecule is O=C(Nc1ccc(C(=O)N2CCOCC2)cc1)c1cc2c([nH]1)NCCN2Cc1cc(Cl)ccc1Cl. The highest BCUT2D eigenvalue weighted by Gasteiger charge is 2.23. The number of anilines is 3. The summed E-state index contributed by atoms with van der Waals surface area (Å²) in [5, 5.41) is 7.48. The minimum absolute atomic E-state index is 0.0332. The Bertz CT molecular complexity index is 1240. The van der Waals surface area contributed by atoms with Crippen molar-refractivity contribution in [3.8, 4) is 0 Å². The van der Waals surface area contributed by atoms with Crippen molar-refractivity contribution in [2.45, 2.75) is 6.54 Å². The molecule has 0 aliphatic carbocycles. The number of rotatable bonds is 5. The molecule has 1 saturated heterocycles. The zero-order chi connectivity index (χ0) is 24.4. The van der Waals surface area contributed by atoms with Crippen molar-refractivity contribution in [1.82, 2.24) is 9.88 Å². The fraction of sp³-hybridized carbons (Fsp3) is 0.280. The van der Waals surface area contributed by atoms with Gasteiger partial charge in [-0.05, 0) is 54.1 Å². The Labute approximate surface area is 213 Å². The first-order valence-electron chi connectivity index (χ1n) is 11.4. The van der Waals surface area contributed by atoms with Crippen LogP contribution in [-0.4, -0.2) is 61.1 Å². The molecule has 2 aromatic carbocycles. The minimum Gasteiger partial charge on any atom is -0.378 e. The number of aromatic nitrogens is 1. The van der Waals surface area contributed by atoms with Gasteiger partial charge in [-0.3, -0.25) is 9.59 Å². The van der Waals surface area contributed by atoms with Gasteiger partial charge in [0.2, 0.25) is 0 Å². The molecule has 0 bridgehead atoms. The molecule has 1 fully saturated rings. The number of hydrogen-bond acceptors (Lipinski definition) is 5. The van der Waals surface area contributed by atoms with Gasteiger partial charge in [0.15, 0.2) is 0 Å². The molecular formula is C25H25Cl2N5O3. The maximum absolute atomic E-state index is 12.9. The van der Waals surface area contributed by atoms with E-state index in [4.69, 9.17) is 27.9 Å². The molecule has 0 unspecified atom stereocenters. The summed E-state index contributed by atoms with van der Waals surface area (Å²) in [6, 6.07) is 14.2. The fourth-order valence-corrected chi connectivity index (χ4v) is 4.64. The number of nitrogens with zero attached hydrogens (tertiary/aromatic N) is 2. The van der Waals surface area contributed by atoms with Gasteiger partial charge in [-0.25, -0.2) is 0 Å². The van der Waals surface area contributed by atoms with Gasteiger partial charge >= 0.3 is 0 Å². The zero-order valence-corrected chi connectivity index (χ0v) is 20.5. The van der Waals surface area contributed by atoms with E-state index in [9.17, 15) is 9.59 Å². The molecule has 2 amide bonds. The average molecular weight is 514 g/mol. The summed E-state index contributed by atoms with van der Waals surface area (Å²) < 4.78 is 5.30. The Balaban J connectivity index is 1.27. The van der Waals surface area contributed by atoms with Gasteiger partial charge in [-0.15, -0.1) is 0 Å². The maximum atomic E-state index is 12.9. The number of halogens is 2. The second-order valence-electron chi connectivity index (χ2n) is 8.46. The van der Waals surface area contributed by atoms with E-state index in [2.05, 4.69) is 20.5 Å². The summed E-state index contributed by atoms with van der Waals surface area (Å²) in [6.45, 7) is 4.34. The van der Waals surface area contributed by atoms with Gasteiger partial charge in [0.05, 0.1) is 18.9 Å². The predicted molar refractivity (Wildman–Crippen MR) is 138 cm³/mol. The Morgan fingerprint density at radius 3 is 2.54 bits per heavy atom. The number of ether oxygens (including phenoxy) is 1. The number of aromatic amines is 1. The quantitative estimate of drug-likeness (QED) is 0.468. The van der Waals surface area contributed by atoms with E-state index in [-0.39, 0.29) is 11.8 Å². The van der Waals surface area contributed by atoms with E-state index >= 15 is 0 Å². The van der Waals surface area contributed by atoms with Crippen LogP contribution in [0.1, 0.15) is 26.4 Å². The van der Waals surface area contributed by atoms with Crippen molar-refractivity contribution in [2.24, 2.45) is 0 Å². The molecule has 2 aliphatic rings. The number of carbonyl (C=O) groups is 2. The van der Waals surface area contributed by atoms with E-state index in [1.54, 1.807) is 41.3 Å². The summed E-state index contributed by atoms with van der Waals surface area (Å²) in [7, 11) is 0. The number of nitrogens with one attached hydrogen (secondary N) is 3. The van der Waals surface area contributed by atoms with Crippen molar-refractivity contribution >= 4 is 52.2 Å². The molecule has 182 valence electrons. The van der Waals surface area contributed by atoms with Crippen molar-refractivity contribution in [3.05, 3.63) is 75.4 Å². The summed E-state index contributed by atoms with van der Waals surface area (Å²) >= 11 is 12.5. The third kappa shape index (κ3) is 5.24. The largest absolute Gasteiger partial charge is 0.378 e. The third-order valence-corrected chi connectivity index (χ3v) is 6.73. The van der Waals surface area contributed by atoms with E-state index in [0.717, 1.165) is 30.2 Å². The molecule has 0 atom stereocenters. The molecule has 5 rings (SSSR count). The van der Waals surface area contributed by atoms with Crippen LogP contribution in [0, 0.1) is 0 Å². The molecule has 0 saturated carbocycles. The first-order chi connectivity index (χ1) is 17.0. The summed E-state index contributed by atoms with van der Waals surface area (Å²) in [4.78, 5) is 32.7. The topological polar surface area (TPSA) is 89.7 Å². The lowest BCUT2D eigenvalue weighted by Gasteiger charge is -2.30. The van der Waals surface area contributed by atoms with Crippen LogP contribution in [-0.2, 0) is 11.3 Å². The van der Waals surface area contributed by atoms with E-state index in [1.165, 1.54) is 0 Å². The first kappa shape index (κ1) is 23.5. The van der Waals surface area contributed by atoms with Crippen molar-refractivity contribution < 1.29 is 14.3 Å². The van der Waals surface area contributed by atoms with E-state index < -0.39 is 0 Å². The van der Waals surface area contributed by atoms with Crippen LogP contribution >= 0.6 is 23.2 Å². The first-order valence-corrected chi connectivity index (χ1v) is 12.2. The highest BCUT2D eigenvalue weighted by Crippen LogP contribution is 2.33. The molecule has 35 heavy (non-hydrogen) atoms. The van der Waals surface area contributed by atoms with E-state index in [0.29, 0.717) is 59.8 Å². The van der Waals surface area contributed by atoms with Gasteiger partial charge in [-0.1, -0.05) is 23.2 Å². The Hall–Kier alpha value is -3.20. The number of fused-ring (bicyclic) bond motifs is 1. The predicted octanol–water partition coefficient (Wildman–Crippen LogP) is 4.48. The van der Waals surface area contributed by atoms with Crippen LogP contribution in [0.25, 0.3) is 0 Å². The summed E-state index contributed by atoms with van der Waals surface area (Å²) in [5.74, 6) is 0.481. The number of carbonyl (C=O) groups excluding carboxylic acids is 2. The van der Waals surface area contributed by atoms with Gasteiger partial charge in [0.25, 0.3) is 11.8 Å². The summed E-state index contributed by atoms with van der Waals surface area (Å²) in [5.41, 5.74) is 3.44. The third-order valence-electron chi connectivity index (χ3n) is 6.12. The van der Waals surface area contributed by atoms with Gasteiger partial charge in [0.1, 0.15) is 11.5 Å². The number of benzene rings is 2. The van der Waals surface area contributed by atoms with Crippen LogP contribution in [0.15, 0.2) is 48.5 Å². The normalized spacial score (nSPS) is 15.4. The van der Waals surface area contributed by atoms with Crippen LogP contribution < -0.4 is 15.5 Å². The Morgan fingerprint density at radius 2 is 1.77 bits per heavy atom. The standard InChI is InChI=1S/C25H25Cl2N5O3/c26-18-3-6-20(27)17(13-18)15-32-8-7-28-23-22(32)14-21(30-23)24(33)29-19-4-1-16(2-5-19)25(34)31-9-11-35-12-10-31/h1-6,13-14,28,30H,7-12,15H2,(H,29,33). The molecule has 8 nitrogen and oxygen atoms in total. The number of amides is 2. The van der Waals surface area contributed by atoms with Gasteiger partial charge in [0, 0.05) is 54.0 Å². The molecule has 3 aromatic rings. The van der Waals surface area contributed by atoms with Gasteiger partial charge < -0.3 is 30.2 Å². The second-order valence-corrected chi connectivity index (χ2v) is 9.31.